The summed E-state index contributed by atoms with van der Waals surface area (Å²) in [6.45, 7) is 1.89. The number of esters is 1. The minimum Gasteiger partial charge on any atom is -0.469 e. The van der Waals surface area contributed by atoms with Gasteiger partial charge in [0.2, 0.25) is 0 Å². The fourth-order valence-electron chi connectivity index (χ4n) is 2.21. The van der Waals surface area contributed by atoms with Crippen molar-refractivity contribution in [1.82, 2.24) is 0 Å². The molecule has 0 aliphatic heterocycles. The number of carbonyl (C=O) groups excluding carboxylic acids is 1. The van der Waals surface area contributed by atoms with Crippen LogP contribution in [-0.2, 0) is 9.53 Å². The third-order valence-electron chi connectivity index (χ3n) is 3.51. The molecule has 0 radical (unpaired) electrons. The molecular weight excluding hydrogens is 260 g/mol. The highest BCUT2D eigenvalue weighted by Crippen LogP contribution is 2.11. The molecular formula is C19H32O2. The van der Waals surface area contributed by atoms with E-state index in [9.17, 15) is 4.79 Å². The van der Waals surface area contributed by atoms with Crippen LogP contribution in [-0.4, -0.2) is 13.1 Å². The maximum Gasteiger partial charge on any atom is 0.305 e. The van der Waals surface area contributed by atoms with Crippen LogP contribution < -0.4 is 0 Å². The summed E-state index contributed by atoms with van der Waals surface area (Å²) < 4.78 is 4.62. The molecule has 0 aliphatic rings. The normalized spacial score (nSPS) is 10.4. The van der Waals surface area contributed by atoms with Gasteiger partial charge in [-0.3, -0.25) is 4.79 Å². The summed E-state index contributed by atoms with van der Waals surface area (Å²) in [6.07, 6.45) is 18.4. The van der Waals surface area contributed by atoms with Gasteiger partial charge in [0, 0.05) is 12.8 Å². The molecule has 0 bridgehead atoms. The van der Waals surface area contributed by atoms with E-state index in [4.69, 9.17) is 0 Å². The molecule has 0 aromatic carbocycles. The lowest BCUT2D eigenvalue weighted by Crippen LogP contribution is -1.99. The molecule has 0 unspecified atom stereocenters. The quantitative estimate of drug-likeness (QED) is 0.196. The number of ether oxygens (including phenoxy) is 1. The van der Waals surface area contributed by atoms with Gasteiger partial charge < -0.3 is 4.74 Å². The van der Waals surface area contributed by atoms with Crippen molar-refractivity contribution in [1.29, 1.82) is 0 Å². The Morgan fingerprint density at radius 2 is 1.48 bits per heavy atom. The first-order valence-electron chi connectivity index (χ1n) is 8.42. The van der Waals surface area contributed by atoms with Crippen molar-refractivity contribution in [2.75, 3.05) is 7.11 Å². The lowest BCUT2D eigenvalue weighted by Gasteiger charge is -2.01. The molecule has 0 heterocycles. The van der Waals surface area contributed by atoms with Gasteiger partial charge in [0.15, 0.2) is 0 Å². The molecule has 0 atom stereocenters. The SMILES string of the molecule is CC#CCCC=CCCCCCCCCCCC(=O)OC. The molecule has 0 spiro atoms. The zero-order chi connectivity index (χ0) is 15.6. The molecule has 0 saturated heterocycles. The second-order valence-corrected chi connectivity index (χ2v) is 5.38. The van der Waals surface area contributed by atoms with E-state index in [1.807, 2.05) is 6.92 Å². The smallest absolute Gasteiger partial charge is 0.305 e. The average Bonchev–Trinajstić information content (AvgIpc) is 2.50. The molecule has 0 aliphatic carbocycles. The Morgan fingerprint density at radius 3 is 2.10 bits per heavy atom. The highest BCUT2D eigenvalue weighted by Gasteiger charge is 1.98. The molecule has 0 rings (SSSR count). The first-order chi connectivity index (χ1) is 10.3. The van der Waals surface area contributed by atoms with Gasteiger partial charge in [0.1, 0.15) is 0 Å². The van der Waals surface area contributed by atoms with E-state index in [1.165, 1.54) is 52.1 Å². The molecule has 0 fully saturated rings. The molecule has 0 saturated carbocycles. The largest absolute Gasteiger partial charge is 0.469 e. The zero-order valence-corrected chi connectivity index (χ0v) is 14.0. The summed E-state index contributed by atoms with van der Waals surface area (Å²) in [6, 6.07) is 0. The first-order valence-corrected chi connectivity index (χ1v) is 8.42. The summed E-state index contributed by atoms with van der Waals surface area (Å²) in [7, 11) is 1.46. The second kappa shape index (κ2) is 16.8. The Morgan fingerprint density at radius 1 is 0.905 bits per heavy atom. The van der Waals surface area contributed by atoms with E-state index < -0.39 is 0 Å². The van der Waals surface area contributed by atoms with Crippen LogP contribution in [0.3, 0.4) is 0 Å². The van der Waals surface area contributed by atoms with E-state index >= 15 is 0 Å². The molecule has 0 N–H and O–H groups in total. The topological polar surface area (TPSA) is 26.3 Å². The number of allylic oxidation sites excluding steroid dienone is 2. The van der Waals surface area contributed by atoms with E-state index in [-0.39, 0.29) is 5.97 Å². The van der Waals surface area contributed by atoms with Crippen LogP contribution in [0.4, 0.5) is 0 Å². The Bertz CT molecular complexity index is 320. The van der Waals surface area contributed by atoms with Gasteiger partial charge >= 0.3 is 5.97 Å². The predicted octanol–water partition coefficient (Wildman–Crippen LogP) is 5.42. The van der Waals surface area contributed by atoms with Gasteiger partial charge in [-0.15, -0.1) is 11.8 Å². The number of methoxy groups -OCH3 is 1. The number of hydrogen-bond donors (Lipinski definition) is 0. The van der Waals surface area contributed by atoms with E-state index in [1.54, 1.807) is 0 Å². The highest BCUT2D eigenvalue weighted by molar-refractivity contribution is 5.68. The van der Waals surface area contributed by atoms with Crippen LogP contribution in [0.25, 0.3) is 0 Å². The maximum atomic E-state index is 10.9. The van der Waals surface area contributed by atoms with Gasteiger partial charge in [-0.05, 0) is 32.6 Å². The lowest BCUT2D eigenvalue weighted by molar-refractivity contribution is -0.140. The minimum absolute atomic E-state index is 0.0789. The second-order valence-electron chi connectivity index (χ2n) is 5.38. The van der Waals surface area contributed by atoms with Crippen LogP contribution in [0.15, 0.2) is 12.2 Å². The summed E-state index contributed by atoms with van der Waals surface area (Å²) in [5.41, 5.74) is 0. The first kappa shape index (κ1) is 19.8. The average molecular weight is 292 g/mol. The summed E-state index contributed by atoms with van der Waals surface area (Å²) in [4.78, 5) is 10.9. The molecule has 0 aromatic rings. The van der Waals surface area contributed by atoms with Crippen LogP contribution in [0, 0.1) is 11.8 Å². The Hall–Kier alpha value is -1.23. The van der Waals surface area contributed by atoms with E-state index in [0.717, 1.165) is 25.7 Å². The van der Waals surface area contributed by atoms with Gasteiger partial charge in [0.05, 0.1) is 7.11 Å². The monoisotopic (exact) mass is 292 g/mol. The standard InChI is InChI=1S/C19H32O2/c1-3-4-5-6-7-8-9-10-11-12-13-14-15-16-17-18-19(20)21-2/h7-8H,5-6,9-18H2,1-2H3. The molecule has 2 nitrogen and oxygen atoms in total. The zero-order valence-electron chi connectivity index (χ0n) is 14.0. The van der Waals surface area contributed by atoms with Gasteiger partial charge in [0.25, 0.3) is 0 Å². The van der Waals surface area contributed by atoms with Crippen LogP contribution in [0.2, 0.25) is 0 Å². The van der Waals surface area contributed by atoms with Crippen LogP contribution in [0.1, 0.15) is 84.0 Å². The summed E-state index contributed by atoms with van der Waals surface area (Å²) in [5.74, 6) is 5.90. The summed E-state index contributed by atoms with van der Waals surface area (Å²) in [5, 5.41) is 0. The van der Waals surface area contributed by atoms with Crippen LogP contribution in [0.5, 0.6) is 0 Å². The maximum absolute atomic E-state index is 10.9. The van der Waals surface area contributed by atoms with Crippen molar-refractivity contribution in [3.63, 3.8) is 0 Å². The predicted molar refractivity (Wildman–Crippen MR) is 90.0 cm³/mol. The fourth-order valence-corrected chi connectivity index (χ4v) is 2.21. The van der Waals surface area contributed by atoms with Gasteiger partial charge in [-0.25, -0.2) is 0 Å². The van der Waals surface area contributed by atoms with E-state index in [2.05, 4.69) is 28.7 Å². The van der Waals surface area contributed by atoms with E-state index in [0.29, 0.717) is 6.42 Å². The van der Waals surface area contributed by atoms with Gasteiger partial charge in [-0.2, -0.15) is 0 Å². The third kappa shape index (κ3) is 16.7. The Balaban J connectivity index is 3.11. The molecule has 0 aromatic heterocycles. The van der Waals surface area contributed by atoms with Crippen molar-refractivity contribution in [3.8, 4) is 11.8 Å². The van der Waals surface area contributed by atoms with Crippen molar-refractivity contribution in [2.24, 2.45) is 0 Å². The third-order valence-corrected chi connectivity index (χ3v) is 3.51. The summed E-state index contributed by atoms with van der Waals surface area (Å²) >= 11 is 0. The molecule has 21 heavy (non-hydrogen) atoms. The van der Waals surface area contributed by atoms with Crippen molar-refractivity contribution >= 4 is 5.97 Å². The molecule has 2 heteroatoms. The number of carbonyl (C=O) groups is 1. The number of rotatable bonds is 13. The van der Waals surface area contributed by atoms with Gasteiger partial charge in [-0.1, -0.05) is 50.7 Å². The van der Waals surface area contributed by atoms with Crippen molar-refractivity contribution in [3.05, 3.63) is 12.2 Å². The minimum atomic E-state index is -0.0789. The Labute approximate surface area is 131 Å². The molecule has 0 amide bonds. The number of unbranched alkanes of at least 4 members (excludes halogenated alkanes) is 9. The number of hydrogen-bond acceptors (Lipinski definition) is 2. The Kier molecular flexibility index (Phi) is 15.8. The van der Waals surface area contributed by atoms with Crippen molar-refractivity contribution < 1.29 is 9.53 Å². The van der Waals surface area contributed by atoms with Crippen molar-refractivity contribution in [2.45, 2.75) is 84.0 Å². The van der Waals surface area contributed by atoms with Crippen LogP contribution >= 0.6 is 0 Å². The highest BCUT2D eigenvalue weighted by atomic mass is 16.5. The fraction of sp³-hybridized carbons (Fsp3) is 0.737. The lowest BCUT2D eigenvalue weighted by atomic mass is 10.1. The molecule has 120 valence electrons.